The van der Waals surface area contributed by atoms with Crippen LogP contribution in [-0.4, -0.2) is 31.7 Å². The molecule has 2 aromatic rings. The van der Waals surface area contributed by atoms with Gasteiger partial charge in [0.25, 0.3) is 10.0 Å². The largest absolute Gasteiger partial charge is 0.371 e. The summed E-state index contributed by atoms with van der Waals surface area (Å²) in [4.78, 5) is 2.42. The van der Waals surface area contributed by atoms with E-state index < -0.39 is 10.0 Å². The second-order valence-electron chi connectivity index (χ2n) is 6.08. The van der Waals surface area contributed by atoms with Gasteiger partial charge >= 0.3 is 0 Å². The molecule has 1 fully saturated rings. The molecule has 0 radical (unpaired) electrons. The van der Waals surface area contributed by atoms with Gasteiger partial charge in [0, 0.05) is 18.8 Å². The number of hydrogen-bond donors (Lipinski definition) is 2. The van der Waals surface area contributed by atoms with Crippen LogP contribution in [0.25, 0.3) is 0 Å². The molecule has 0 aliphatic carbocycles. The van der Waals surface area contributed by atoms with Gasteiger partial charge in [-0.1, -0.05) is 11.6 Å². The topological polar surface area (TPSA) is 78.1 Å². The molecule has 1 aromatic heterocycles. The van der Waals surface area contributed by atoms with Gasteiger partial charge in [0.2, 0.25) is 0 Å². The quantitative estimate of drug-likeness (QED) is 0.866. The van der Waals surface area contributed by atoms with Gasteiger partial charge < -0.3 is 4.90 Å². The molecular weight excluding hydrogens is 348 g/mol. The Morgan fingerprint density at radius 1 is 1.21 bits per heavy atom. The summed E-state index contributed by atoms with van der Waals surface area (Å²) >= 11 is 6.21. The molecule has 1 aliphatic rings. The third-order valence-electron chi connectivity index (χ3n) is 4.24. The number of aromatic nitrogens is 2. The van der Waals surface area contributed by atoms with Crippen molar-refractivity contribution in [2.45, 2.75) is 38.0 Å². The molecule has 24 heavy (non-hydrogen) atoms. The number of hydrogen-bond acceptors (Lipinski definition) is 4. The Balaban J connectivity index is 1.92. The molecule has 0 saturated carbocycles. The molecule has 0 spiro atoms. The highest BCUT2D eigenvalue weighted by atomic mass is 35.5. The number of rotatable bonds is 4. The normalized spacial score (nSPS) is 15.5. The summed E-state index contributed by atoms with van der Waals surface area (Å²) < 4.78 is 28.0. The standard InChI is InChI=1S/C16H21ClN4O2S/c1-11-16(12(2)19-18-11)24(22,23)20-15-10-13(6-7-14(15)17)21-8-4-3-5-9-21/h6-7,10,20H,3-5,8-9H2,1-2H3,(H,18,19). The van der Waals surface area contributed by atoms with Crippen molar-refractivity contribution in [3.63, 3.8) is 0 Å². The van der Waals surface area contributed by atoms with E-state index in [1.165, 1.54) is 6.42 Å². The first-order chi connectivity index (χ1) is 11.4. The van der Waals surface area contributed by atoms with Gasteiger partial charge in [-0.25, -0.2) is 8.42 Å². The van der Waals surface area contributed by atoms with Crippen molar-refractivity contribution in [2.75, 3.05) is 22.7 Å². The van der Waals surface area contributed by atoms with Crippen molar-refractivity contribution < 1.29 is 8.42 Å². The zero-order valence-corrected chi connectivity index (χ0v) is 15.3. The Kier molecular flexibility index (Phi) is 4.73. The highest BCUT2D eigenvalue weighted by molar-refractivity contribution is 7.92. The number of aryl methyl sites for hydroxylation is 2. The third kappa shape index (κ3) is 3.37. The maximum atomic E-state index is 12.7. The van der Waals surface area contributed by atoms with Crippen molar-refractivity contribution in [1.82, 2.24) is 10.2 Å². The van der Waals surface area contributed by atoms with Crippen molar-refractivity contribution >= 4 is 33.0 Å². The van der Waals surface area contributed by atoms with E-state index in [-0.39, 0.29) is 4.90 Å². The molecule has 0 unspecified atom stereocenters. The molecule has 1 aromatic carbocycles. The third-order valence-corrected chi connectivity index (χ3v) is 6.20. The summed E-state index contributed by atoms with van der Waals surface area (Å²) in [5, 5.41) is 7.02. The summed E-state index contributed by atoms with van der Waals surface area (Å²) in [6, 6.07) is 5.47. The Morgan fingerprint density at radius 2 is 1.92 bits per heavy atom. The van der Waals surface area contributed by atoms with Crippen LogP contribution in [0.5, 0.6) is 0 Å². The zero-order valence-electron chi connectivity index (χ0n) is 13.8. The van der Waals surface area contributed by atoms with Crippen LogP contribution in [0.2, 0.25) is 5.02 Å². The van der Waals surface area contributed by atoms with Crippen molar-refractivity contribution in [3.8, 4) is 0 Å². The molecule has 3 rings (SSSR count). The van der Waals surface area contributed by atoms with E-state index in [4.69, 9.17) is 11.6 Å². The van der Waals surface area contributed by atoms with E-state index >= 15 is 0 Å². The number of H-pyrrole nitrogens is 1. The van der Waals surface area contributed by atoms with Crippen molar-refractivity contribution in [1.29, 1.82) is 0 Å². The number of anilines is 2. The predicted octanol–water partition coefficient (Wildman–Crippen LogP) is 3.47. The smallest absolute Gasteiger partial charge is 0.265 e. The minimum atomic E-state index is -3.75. The van der Waals surface area contributed by atoms with Gasteiger partial charge in [0.15, 0.2) is 0 Å². The van der Waals surface area contributed by atoms with Crippen LogP contribution in [0.4, 0.5) is 11.4 Å². The van der Waals surface area contributed by atoms with Crippen LogP contribution in [0.1, 0.15) is 30.7 Å². The number of nitrogens with one attached hydrogen (secondary N) is 2. The average Bonchev–Trinajstić information content (AvgIpc) is 2.90. The summed E-state index contributed by atoms with van der Waals surface area (Å²) in [5.41, 5.74) is 2.31. The van der Waals surface area contributed by atoms with E-state index in [1.54, 1.807) is 26.0 Å². The lowest BCUT2D eigenvalue weighted by molar-refractivity contribution is 0.578. The minimum absolute atomic E-state index is 0.168. The molecule has 130 valence electrons. The van der Waals surface area contributed by atoms with E-state index in [0.29, 0.717) is 22.1 Å². The monoisotopic (exact) mass is 368 g/mol. The number of benzene rings is 1. The number of nitrogens with zero attached hydrogens (tertiary/aromatic N) is 2. The van der Waals surface area contributed by atoms with Crippen LogP contribution in [0.15, 0.2) is 23.1 Å². The summed E-state index contributed by atoms with van der Waals surface area (Å²) in [7, 11) is -3.75. The second kappa shape index (κ2) is 6.64. The van der Waals surface area contributed by atoms with Gasteiger partial charge in [-0.15, -0.1) is 0 Å². The highest BCUT2D eigenvalue weighted by Gasteiger charge is 2.23. The molecule has 1 aliphatic heterocycles. The summed E-state index contributed by atoms with van der Waals surface area (Å²) in [6.45, 7) is 5.30. The lowest BCUT2D eigenvalue weighted by atomic mass is 10.1. The summed E-state index contributed by atoms with van der Waals surface area (Å²) in [5.74, 6) is 0. The fourth-order valence-electron chi connectivity index (χ4n) is 3.07. The fourth-order valence-corrected chi connectivity index (χ4v) is 4.74. The van der Waals surface area contributed by atoms with E-state index in [0.717, 1.165) is 31.6 Å². The first kappa shape index (κ1) is 17.1. The lowest BCUT2D eigenvalue weighted by Crippen LogP contribution is -2.29. The van der Waals surface area contributed by atoms with Crippen molar-refractivity contribution in [2.24, 2.45) is 0 Å². The van der Waals surface area contributed by atoms with E-state index in [9.17, 15) is 8.42 Å². The van der Waals surface area contributed by atoms with Gasteiger partial charge in [-0.05, 0) is 51.3 Å². The van der Waals surface area contributed by atoms with Gasteiger partial charge in [-0.2, -0.15) is 5.10 Å². The summed E-state index contributed by atoms with van der Waals surface area (Å²) in [6.07, 6.45) is 3.54. The number of aromatic amines is 1. The van der Waals surface area contributed by atoms with E-state index in [2.05, 4.69) is 19.8 Å². The number of halogens is 1. The second-order valence-corrected chi connectivity index (χ2v) is 8.11. The first-order valence-electron chi connectivity index (χ1n) is 7.97. The minimum Gasteiger partial charge on any atom is -0.371 e. The zero-order chi connectivity index (χ0) is 17.3. The van der Waals surface area contributed by atoms with Gasteiger partial charge in [0.05, 0.1) is 22.1 Å². The Morgan fingerprint density at radius 3 is 2.54 bits per heavy atom. The molecule has 0 amide bonds. The first-order valence-corrected chi connectivity index (χ1v) is 9.83. The number of sulfonamides is 1. The maximum absolute atomic E-state index is 12.7. The fraction of sp³-hybridized carbons (Fsp3) is 0.438. The molecule has 0 bridgehead atoms. The van der Waals surface area contributed by atoms with Crippen molar-refractivity contribution in [3.05, 3.63) is 34.6 Å². The predicted molar refractivity (Wildman–Crippen MR) is 96.4 cm³/mol. The van der Waals surface area contributed by atoms with Gasteiger partial charge in [0.1, 0.15) is 4.90 Å². The van der Waals surface area contributed by atoms with Gasteiger partial charge in [-0.3, -0.25) is 9.82 Å². The average molecular weight is 369 g/mol. The molecule has 2 heterocycles. The molecule has 6 nitrogen and oxygen atoms in total. The lowest BCUT2D eigenvalue weighted by Gasteiger charge is -2.29. The highest BCUT2D eigenvalue weighted by Crippen LogP contribution is 2.31. The molecule has 2 N–H and O–H groups in total. The van der Waals surface area contributed by atoms with Crippen LogP contribution in [-0.2, 0) is 10.0 Å². The molecule has 1 saturated heterocycles. The maximum Gasteiger partial charge on any atom is 0.265 e. The molecular formula is C16H21ClN4O2S. The molecule has 0 atom stereocenters. The van der Waals surface area contributed by atoms with Crippen LogP contribution in [0.3, 0.4) is 0 Å². The van der Waals surface area contributed by atoms with E-state index in [1.807, 2.05) is 6.07 Å². The van der Waals surface area contributed by atoms with Crippen LogP contribution < -0.4 is 9.62 Å². The Labute approximate surface area is 147 Å². The van der Waals surface area contributed by atoms with Crippen LogP contribution >= 0.6 is 11.6 Å². The Bertz CT molecular complexity index is 822. The Hall–Kier alpha value is -1.73. The SMILES string of the molecule is Cc1n[nH]c(C)c1S(=O)(=O)Nc1cc(N2CCCCC2)ccc1Cl. The van der Waals surface area contributed by atoms with Crippen LogP contribution in [0, 0.1) is 13.8 Å². The molecule has 8 heteroatoms. The number of piperidine rings is 1.